The number of nitrogens with one attached hydrogen (secondary N) is 1. The van der Waals surface area contributed by atoms with Crippen molar-refractivity contribution in [2.45, 2.75) is 31.8 Å². The maximum Gasteiger partial charge on any atom is 0.0696 e. The van der Waals surface area contributed by atoms with Gasteiger partial charge < -0.3 is 10.4 Å². The number of piperidine rings is 1. The Morgan fingerprint density at radius 1 is 1.43 bits per heavy atom. The van der Waals surface area contributed by atoms with Crippen LogP contribution in [0.5, 0.6) is 0 Å². The fourth-order valence-corrected chi connectivity index (χ4v) is 2.26. The van der Waals surface area contributed by atoms with Crippen molar-refractivity contribution in [3.63, 3.8) is 0 Å². The molecule has 0 aromatic heterocycles. The van der Waals surface area contributed by atoms with Crippen LogP contribution in [-0.4, -0.2) is 24.3 Å². The van der Waals surface area contributed by atoms with Crippen molar-refractivity contribution < 1.29 is 5.11 Å². The van der Waals surface area contributed by atoms with Crippen LogP contribution in [0.25, 0.3) is 0 Å². The topological polar surface area (TPSA) is 32.3 Å². The third kappa shape index (κ3) is 2.46. The minimum atomic E-state index is -0.153. The summed E-state index contributed by atoms with van der Waals surface area (Å²) in [6, 6.07) is 0. The van der Waals surface area contributed by atoms with Crippen molar-refractivity contribution in [2.75, 3.05) is 13.1 Å². The van der Waals surface area contributed by atoms with E-state index in [1.165, 1.54) is 18.4 Å². The van der Waals surface area contributed by atoms with Crippen LogP contribution < -0.4 is 5.32 Å². The summed E-state index contributed by atoms with van der Waals surface area (Å²) in [5.41, 5.74) is 1.42. The first-order valence-corrected chi connectivity index (χ1v) is 5.60. The number of hydrogen-bond acceptors (Lipinski definition) is 2. The van der Waals surface area contributed by atoms with E-state index in [0.29, 0.717) is 5.92 Å². The van der Waals surface area contributed by atoms with Gasteiger partial charge in [0.25, 0.3) is 0 Å². The van der Waals surface area contributed by atoms with Crippen LogP contribution in [0.4, 0.5) is 0 Å². The minimum Gasteiger partial charge on any atom is -0.392 e. The average Bonchev–Trinajstić information content (AvgIpc) is 2.23. The van der Waals surface area contributed by atoms with Gasteiger partial charge in [-0.2, -0.15) is 0 Å². The molecule has 1 aliphatic heterocycles. The molecule has 2 unspecified atom stereocenters. The molecule has 0 aromatic carbocycles. The van der Waals surface area contributed by atoms with Crippen molar-refractivity contribution in [3.05, 3.63) is 23.8 Å². The van der Waals surface area contributed by atoms with E-state index in [4.69, 9.17) is 0 Å². The molecule has 0 bridgehead atoms. The molecule has 1 aliphatic carbocycles. The van der Waals surface area contributed by atoms with E-state index in [9.17, 15) is 5.11 Å². The van der Waals surface area contributed by atoms with Gasteiger partial charge in [0.1, 0.15) is 0 Å². The summed E-state index contributed by atoms with van der Waals surface area (Å²) in [4.78, 5) is 0. The van der Waals surface area contributed by atoms with Gasteiger partial charge in [-0.15, -0.1) is 0 Å². The highest BCUT2D eigenvalue weighted by Crippen LogP contribution is 2.24. The summed E-state index contributed by atoms with van der Waals surface area (Å²) in [6.07, 6.45) is 11.1. The third-order valence-corrected chi connectivity index (χ3v) is 3.16. The smallest absolute Gasteiger partial charge is 0.0696 e. The fraction of sp³-hybridized carbons (Fsp3) is 0.667. The van der Waals surface area contributed by atoms with Crippen molar-refractivity contribution >= 4 is 0 Å². The van der Waals surface area contributed by atoms with E-state index in [0.717, 1.165) is 25.9 Å². The number of β-amino-alcohol motifs (C(OH)–C–C–N with tert-alkyl or cyclic N) is 1. The molecule has 2 aliphatic rings. The zero-order valence-corrected chi connectivity index (χ0v) is 8.58. The average molecular weight is 193 g/mol. The number of allylic oxidation sites excluding steroid dienone is 4. The van der Waals surface area contributed by atoms with E-state index in [1.54, 1.807) is 0 Å². The molecule has 78 valence electrons. The quantitative estimate of drug-likeness (QED) is 0.698. The van der Waals surface area contributed by atoms with Gasteiger partial charge >= 0.3 is 0 Å². The SMILES string of the molecule is OC1CNCCC1CC1=CCCC=C1. The maximum atomic E-state index is 9.79. The molecule has 2 atom stereocenters. The molecule has 1 saturated heterocycles. The highest BCUT2D eigenvalue weighted by Gasteiger charge is 2.23. The molecule has 2 rings (SSSR count). The first kappa shape index (κ1) is 9.94. The summed E-state index contributed by atoms with van der Waals surface area (Å²) in [7, 11) is 0. The largest absolute Gasteiger partial charge is 0.392 e. The molecule has 0 amide bonds. The predicted octanol–water partition coefficient (Wildman–Crippen LogP) is 1.62. The van der Waals surface area contributed by atoms with Gasteiger partial charge in [0.2, 0.25) is 0 Å². The lowest BCUT2D eigenvalue weighted by Crippen LogP contribution is -2.40. The van der Waals surface area contributed by atoms with E-state index >= 15 is 0 Å². The fourth-order valence-electron chi connectivity index (χ4n) is 2.26. The van der Waals surface area contributed by atoms with E-state index < -0.39 is 0 Å². The first-order chi connectivity index (χ1) is 6.86. The second-order valence-electron chi connectivity index (χ2n) is 4.28. The summed E-state index contributed by atoms with van der Waals surface area (Å²) in [6.45, 7) is 1.82. The minimum absolute atomic E-state index is 0.153. The Morgan fingerprint density at radius 2 is 2.36 bits per heavy atom. The zero-order valence-electron chi connectivity index (χ0n) is 8.58. The van der Waals surface area contributed by atoms with Crippen LogP contribution >= 0.6 is 0 Å². The Balaban J connectivity index is 1.89. The van der Waals surface area contributed by atoms with Crippen molar-refractivity contribution in [1.29, 1.82) is 0 Å². The van der Waals surface area contributed by atoms with Crippen LogP contribution in [0.2, 0.25) is 0 Å². The second kappa shape index (κ2) is 4.76. The monoisotopic (exact) mass is 193 g/mol. The third-order valence-electron chi connectivity index (χ3n) is 3.16. The molecule has 1 heterocycles. The van der Waals surface area contributed by atoms with Crippen LogP contribution in [0.3, 0.4) is 0 Å². The van der Waals surface area contributed by atoms with E-state index in [1.807, 2.05) is 0 Å². The summed E-state index contributed by atoms with van der Waals surface area (Å²) < 4.78 is 0. The molecule has 0 radical (unpaired) electrons. The number of aliphatic hydroxyl groups excluding tert-OH is 1. The van der Waals surface area contributed by atoms with Gasteiger partial charge in [0.05, 0.1) is 6.10 Å². The lowest BCUT2D eigenvalue weighted by Gasteiger charge is -2.29. The van der Waals surface area contributed by atoms with Crippen molar-refractivity contribution in [1.82, 2.24) is 5.32 Å². The molecule has 14 heavy (non-hydrogen) atoms. The molecule has 2 N–H and O–H groups in total. The van der Waals surface area contributed by atoms with Crippen LogP contribution in [0.15, 0.2) is 23.8 Å². The first-order valence-electron chi connectivity index (χ1n) is 5.60. The van der Waals surface area contributed by atoms with Crippen LogP contribution in [0.1, 0.15) is 25.7 Å². The second-order valence-corrected chi connectivity index (χ2v) is 4.28. The summed E-state index contributed by atoms with van der Waals surface area (Å²) >= 11 is 0. The normalized spacial score (nSPS) is 32.8. The molecule has 2 heteroatoms. The Labute approximate surface area is 85.7 Å². The lowest BCUT2D eigenvalue weighted by atomic mass is 9.87. The van der Waals surface area contributed by atoms with E-state index in [2.05, 4.69) is 23.5 Å². The van der Waals surface area contributed by atoms with Gasteiger partial charge in [-0.3, -0.25) is 0 Å². The molecular formula is C12H19NO. The lowest BCUT2D eigenvalue weighted by molar-refractivity contribution is 0.0823. The molecule has 1 fully saturated rings. The van der Waals surface area contributed by atoms with Gasteiger partial charge in [0.15, 0.2) is 0 Å². The van der Waals surface area contributed by atoms with Gasteiger partial charge in [0, 0.05) is 6.54 Å². The van der Waals surface area contributed by atoms with Crippen LogP contribution in [-0.2, 0) is 0 Å². The van der Waals surface area contributed by atoms with Gasteiger partial charge in [-0.05, 0) is 38.1 Å². The number of hydrogen-bond donors (Lipinski definition) is 2. The number of aliphatic hydroxyl groups is 1. The maximum absolute atomic E-state index is 9.79. The van der Waals surface area contributed by atoms with Crippen LogP contribution in [0, 0.1) is 5.92 Å². The van der Waals surface area contributed by atoms with Gasteiger partial charge in [-0.1, -0.05) is 23.8 Å². The Morgan fingerprint density at radius 3 is 3.07 bits per heavy atom. The highest BCUT2D eigenvalue weighted by molar-refractivity contribution is 5.22. The van der Waals surface area contributed by atoms with Crippen molar-refractivity contribution in [3.8, 4) is 0 Å². The summed E-state index contributed by atoms with van der Waals surface area (Å²) in [5.74, 6) is 0.463. The highest BCUT2D eigenvalue weighted by atomic mass is 16.3. The van der Waals surface area contributed by atoms with Crippen molar-refractivity contribution in [2.24, 2.45) is 5.92 Å². The predicted molar refractivity (Wildman–Crippen MR) is 58.1 cm³/mol. The Bertz CT molecular complexity index is 245. The molecule has 0 spiro atoms. The molecule has 0 aromatic rings. The Kier molecular flexibility index (Phi) is 3.38. The molecule has 2 nitrogen and oxygen atoms in total. The van der Waals surface area contributed by atoms with Gasteiger partial charge in [-0.25, -0.2) is 0 Å². The Hall–Kier alpha value is -0.600. The number of rotatable bonds is 2. The zero-order chi connectivity index (χ0) is 9.80. The molecular weight excluding hydrogens is 174 g/mol. The standard InChI is InChI=1S/C12H19NO/c14-12-9-13-7-6-11(12)8-10-4-2-1-3-5-10/h2,4-5,11-14H,1,3,6-9H2. The summed E-state index contributed by atoms with van der Waals surface area (Å²) in [5, 5.41) is 13.0. The molecule has 0 saturated carbocycles. The van der Waals surface area contributed by atoms with E-state index in [-0.39, 0.29) is 6.10 Å².